The Bertz CT molecular complexity index is 1410. The first-order valence-corrected chi connectivity index (χ1v) is 18.2. The van der Waals surface area contributed by atoms with Gasteiger partial charge in [-0.2, -0.15) is 5.10 Å². The second-order valence-electron chi connectivity index (χ2n) is 10.1. The minimum atomic E-state index is -0.613. The van der Waals surface area contributed by atoms with Crippen molar-refractivity contribution in [2.24, 2.45) is 5.92 Å². The van der Waals surface area contributed by atoms with Crippen LogP contribution in [0.4, 0.5) is 5.69 Å². The van der Waals surface area contributed by atoms with Crippen LogP contribution in [0.1, 0.15) is 37.6 Å². The first-order valence-electron chi connectivity index (χ1n) is 13.4. The number of benzene rings is 1. The normalized spacial score (nSPS) is 18.1. The summed E-state index contributed by atoms with van der Waals surface area (Å²) in [6.45, 7) is 7.13. The molecule has 0 spiro atoms. The van der Waals surface area contributed by atoms with Gasteiger partial charge in [-0.25, -0.2) is 9.44 Å². The number of halogens is 1. The van der Waals surface area contributed by atoms with E-state index in [1.165, 1.54) is 42.2 Å². The van der Waals surface area contributed by atoms with Gasteiger partial charge < -0.3 is 15.1 Å². The van der Waals surface area contributed by atoms with Crippen molar-refractivity contribution in [3.63, 3.8) is 0 Å². The maximum Gasteiger partial charge on any atom is 0.314 e. The molecule has 0 bridgehead atoms. The van der Waals surface area contributed by atoms with Gasteiger partial charge in [0.05, 0.1) is 45.2 Å². The number of likely N-dealkylation sites (tertiary alicyclic amines) is 2. The number of piperidine rings is 1. The standard InChI is InChI=1S/C14H17IN5O2P.C13H16N2S/c1-9-3-2-4-19(8-9)14(22)13(21)18-11-7-16-5-10-6-17-20(23-15)12(10)11;1-2-6-12-11(5-1)14-13(16-12)7-10-15-8-3-4-9-15/h5-7,9,23H,2-4,8H2,1H3,(H,18,21);1-2,5-6H,3-4,7-10H2. The molecule has 1 aromatic carbocycles. The molecule has 0 saturated carbocycles. The largest absolute Gasteiger partial charge is 0.334 e. The molecule has 6 rings (SSSR count). The molecule has 2 saturated heterocycles. The van der Waals surface area contributed by atoms with Crippen molar-refractivity contribution in [2.45, 2.75) is 39.0 Å². The minimum Gasteiger partial charge on any atom is -0.334 e. The van der Waals surface area contributed by atoms with Gasteiger partial charge in [0.2, 0.25) is 0 Å². The summed E-state index contributed by atoms with van der Waals surface area (Å²) in [7, 11) is 0. The zero-order chi connectivity index (χ0) is 27.2. The van der Waals surface area contributed by atoms with Gasteiger partial charge in [-0.15, -0.1) is 11.3 Å². The Morgan fingerprint density at radius 1 is 1.13 bits per heavy atom. The Balaban J connectivity index is 0.000000168. The molecular formula is C27H33IN7O2PS. The second kappa shape index (κ2) is 13.4. The van der Waals surface area contributed by atoms with E-state index in [0.29, 0.717) is 31.1 Å². The van der Waals surface area contributed by atoms with Crippen LogP contribution >= 0.6 is 39.8 Å². The van der Waals surface area contributed by atoms with Crippen LogP contribution in [-0.4, -0.2) is 73.9 Å². The molecule has 0 radical (unpaired) electrons. The van der Waals surface area contributed by atoms with Gasteiger partial charge in [-0.05, 0) is 78.9 Å². The fourth-order valence-electron chi connectivity index (χ4n) is 5.11. The first-order chi connectivity index (χ1) is 19.0. The van der Waals surface area contributed by atoms with Crippen molar-refractivity contribution >= 4 is 78.4 Å². The number of thiazole rings is 1. The number of rotatable bonds is 5. The summed E-state index contributed by atoms with van der Waals surface area (Å²) >= 11 is 4.06. The maximum atomic E-state index is 12.3. The topological polar surface area (TPSA) is 96.2 Å². The highest BCUT2D eigenvalue weighted by atomic mass is 127. The van der Waals surface area contributed by atoms with E-state index in [0.717, 1.165) is 35.7 Å². The van der Waals surface area contributed by atoms with Crippen LogP contribution in [0.25, 0.3) is 21.1 Å². The van der Waals surface area contributed by atoms with E-state index in [-0.39, 0.29) is 0 Å². The minimum absolute atomic E-state index is 0.398. The number of pyridine rings is 1. The lowest BCUT2D eigenvalue weighted by Crippen LogP contribution is -2.44. The van der Waals surface area contributed by atoms with E-state index in [1.807, 2.05) is 11.3 Å². The summed E-state index contributed by atoms with van der Waals surface area (Å²) in [6, 6.07) is 8.41. The van der Waals surface area contributed by atoms with Crippen molar-refractivity contribution in [3.05, 3.63) is 47.9 Å². The van der Waals surface area contributed by atoms with E-state index >= 15 is 0 Å². The van der Waals surface area contributed by atoms with Crippen LogP contribution < -0.4 is 5.32 Å². The Kier molecular flexibility index (Phi) is 9.75. The molecule has 0 aliphatic carbocycles. The summed E-state index contributed by atoms with van der Waals surface area (Å²) in [5.41, 5.74) is 2.47. The Hall–Kier alpha value is -2.21. The van der Waals surface area contributed by atoms with E-state index < -0.39 is 11.8 Å². The fourth-order valence-corrected chi connectivity index (χ4v) is 7.60. The molecular weight excluding hydrogens is 644 g/mol. The quantitative estimate of drug-likeness (QED) is 0.174. The molecule has 39 heavy (non-hydrogen) atoms. The fraction of sp³-hybridized carbons (Fsp3) is 0.444. The van der Waals surface area contributed by atoms with Crippen molar-refractivity contribution in [3.8, 4) is 0 Å². The number of nitrogens with one attached hydrogen (secondary N) is 1. The summed E-state index contributed by atoms with van der Waals surface area (Å²) in [5.74, 6) is -0.651. The number of amides is 2. The van der Waals surface area contributed by atoms with E-state index in [4.69, 9.17) is 0 Å². The number of carbonyl (C=O) groups excluding carboxylic acids is 2. The number of hydrogen-bond donors (Lipinski definition) is 1. The van der Waals surface area contributed by atoms with Crippen molar-refractivity contribution in [2.75, 3.05) is 38.0 Å². The number of para-hydroxylation sites is 1. The lowest BCUT2D eigenvalue weighted by atomic mass is 10.0. The van der Waals surface area contributed by atoms with Gasteiger partial charge in [0.15, 0.2) is 0 Å². The van der Waals surface area contributed by atoms with Crippen LogP contribution in [0.5, 0.6) is 0 Å². The number of fused-ring (bicyclic) bond motifs is 2. The van der Waals surface area contributed by atoms with Crippen LogP contribution in [0.2, 0.25) is 0 Å². The van der Waals surface area contributed by atoms with Crippen molar-refractivity contribution in [1.82, 2.24) is 29.3 Å². The molecule has 2 unspecified atom stereocenters. The van der Waals surface area contributed by atoms with Crippen molar-refractivity contribution < 1.29 is 9.59 Å². The van der Waals surface area contributed by atoms with Gasteiger partial charge >= 0.3 is 11.8 Å². The summed E-state index contributed by atoms with van der Waals surface area (Å²) in [5, 5.41) is 9.09. The third kappa shape index (κ3) is 7.11. The number of nitrogens with zero attached hydrogens (tertiary/aromatic N) is 6. The summed E-state index contributed by atoms with van der Waals surface area (Å²) in [6.07, 6.45) is 11.3. The monoisotopic (exact) mass is 677 g/mol. The molecule has 206 valence electrons. The molecule has 2 aliphatic rings. The average molecular weight is 678 g/mol. The molecule has 2 fully saturated rings. The third-order valence-corrected chi connectivity index (χ3v) is 10.1. The van der Waals surface area contributed by atoms with E-state index in [2.05, 4.69) is 78.5 Å². The number of hydrogen-bond acceptors (Lipinski definition) is 7. The highest BCUT2D eigenvalue weighted by Gasteiger charge is 2.26. The highest BCUT2D eigenvalue weighted by Crippen LogP contribution is 2.32. The van der Waals surface area contributed by atoms with Gasteiger partial charge in [0.25, 0.3) is 0 Å². The number of anilines is 1. The maximum absolute atomic E-state index is 12.3. The zero-order valence-corrected chi connectivity index (χ0v) is 25.9. The summed E-state index contributed by atoms with van der Waals surface area (Å²) in [4.78, 5) is 37.6. The van der Waals surface area contributed by atoms with E-state index in [9.17, 15) is 9.59 Å². The summed E-state index contributed by atoms with van der Waals surface area (Å²) < 4.78 is 3.11. The Labute approximate surface area is 247 Å². The molecule has 9 nitrogen and oxygen atoms in total. The highest BCUT2D eigenvalue weighted by molar-refractivity contribution is 14.2. The smallest absolute Gasteiger partial charge is 0.314 e. The van der Waals surface area contributed by atoms with Crippen LogP contribution in [0.15, 0.2) is 42.9 Å². The van der Waals surface area contributed by atoms with Crippen LogP contribution in [0, 0.1) is 5.92 Å². The molecule has 3 aromatic heterocycles. The van der Waals surface area contributed by atoms with Crippen LogP contribution in [-0.2, 0) is 16.0 Å². The molecule has 5 heterocycles. The van der Waals surface area contributed by atoms with Gasteiger partial charge in [-0.3, -0.25) is 14.6 Å². The van der Waals surface area contributed by atoms with Crippen LogP contribution in [0.3, 0.4) is 0 Å². The SMILES string of the molecule is CC1CCCN(C(=O)C(=O)Nc2cncc3cnn(PI)c23)C1.c1ccc2sc(CCN3CCCC3)nc2c1. The van der Waals surface area contributed by atoms with Gasteiger partial charge in [-0.1, -0.05) is 19.1 Å². The third-order valence-electron chi connectivity index (χ3n) is 7.12. The predicted molar refractivity (Wildman–Crippen MR) is 168 cm³/mol. The molecule has 1 N–H and O–H groups in total. The second-order valence-corrected chi connectivity index (χ2v) is 13.2. The molecule has 2 atom stereocenters. The van der Waals surface area contributed by atoms with Gasteiger partial charge in [0, 0.05) is 37.6 Å². The van der Waals surface area contributed by atoms with Gasteiger partial charge in [0.1, 0.15) is 0 Å². The molecule has 2 aliphatic heterocycles. The van der Waals surface area contributed by atoms with Crippen molar-refractivity contribution in [1.29, 1.82) is 0 Å². The Morgan fingerprint density at radius 2 is 1.95 bits per heavy atom. The molecule has 12 heteroatoms. The number of carbonyl (C=O) groups is 2. The van der Waals surface area contributed by atoms with E-state index in [1.54, 1.807) is 27.9 Å². The predicted octanol–water partition coefficient (Wildman–Crippen LogP) is 5.35. The lowest BCUT2D eigenvalue weighted by molar-refractivity contribution is -0.144. The zero-order valence-electron chi connectivity index (χ0n) is 22.0. The molecule has 2 amide bonds. The first kappa shape index (κ1) is 28.3. The lowest BCUT2D eigenvalue weighted by Gasteiger charge is -2.30. The molecule has 4 aromatic rings. The number of aromatic nitrogens is 4. The average Bonchev–Trinajstić information content (AvgIpc) is 3.71. The Morgan fingerprint density at radius 3 is 2.72 bits per heavy atom.